The van der Waals surface area contributed by atoms with Gasteiger partial charge in [0.2, 0.25) is 0 Å². The fourth-order valence-corrected chi connectivity index (χ4v) is 2.22. The molecule has 1 rings (SSSR count). The minimum atomic E-state index is -0.468. The van der Waals surface area contributed by atoms with Crippen molar-refractivity contribution in [2.75, 3.05) is 6.54 Å². The Bertz CT molecular complexity index is 458. The molecule has 0 aliphatic carbocycles. The molecule has 0 fully saturated rings. The SMILES string of the molecule is CCC(CNCc1ccccc1Br)NC(=O)OC(C)(C)C. The van der Waals surface area contributed by atoms with E-state index < -0.39 is 5.60 Å². The quantitative estimate of drug-likeness (QED) is 0.813. The third-order valence-corrected chi connectivity index (χ3v) is 3.65. The molecule has 5 heteroatoms. The van der Waals surface area contributed by atoms with Crippen LogP contribution in [-0.2, 0) is 11.3 Å². The number of benzene rings is 1. The Morgan fingerprint density at radius 1 is 1.33 bits per heavy atom. The molecule has 1 aromatic rings. The summed E-state index contributed by atoms with van der Waals surface area (Å²) in [6, 6.07) is 8.15. The fraction of sp³-hybridized carbons (Fsp3) is 0.562. The molecule has 118 valence electrons. The second-order valence-electron chi connectivity index (χ2n) is 5.97. The van der Waals surface area contributed by atoms with Crippen LogP contribution in [0.4, 0.5) is 4.79 Å². The largest absolute Gasteiger partial charge is 0.444 e. The molecule has 0 saturated carbocycles. The molecule has 4 nitrogen and oxygen atoms in total. The zero-order valence-corrected chi connectivity index (χ0v) is 14.8. The van der Waals surface area contributed by atoms with E-state index in [1.54, 1.807) is 0 Å². The van der Waals surface area contributed by atoms with Gasteiger partial charge in [-0.15, -0.1) is 0 Å². The van der Waals surface area contributed by atoms with Gasteiger partial charge in [-0.25, -0.2) is 4.79 Å². The fourth-order valence-electron chi connectivity index (χ4n) is 1.79. The molecule has 2 N–H and O–H groups in total. The molecule has 1 amide bonds. The molecule has 0 heterocycles. The zero-order valence-electron chi connectivity index (χ0n) is 13.2. The molecule has 0 radical (unpaired) electrons. The first kappa shape index (κ1) is 18.0. The van der Waals surface area contributed by atoms with Crippen LogP contribution in [0.15, 0.2) is 28.7 Å². The van der Waals surface area contributed by atoms with E-state index in [0.717, 1.165) is 17.4 Å². The van der Waals surface area contributed by atoms with Gasteiger partial charge in [-0.05, 0) is 38.8 Å². The van der Waals surface area contributed by atoms with E-state index in [1.165, 1.54) is 5.56 Å². The number of carbonyl (C=O) groups is 1. The van der Waals surface area contributed by atoms with Gasteiger partial charge in [0, 0.05) is 23.6 Å². The van der Waals surface area contributed by atoms with Gasteiger partial charge in [0.25, 0.3) is 0 Å². The lowest BCUT2D eigenvalue weighted by atomic mass is 10.2. The summed E-state index contributed by atoms with van der Waals surface area (Å²) in [7, 11) is 0. The molecule has 0 bridgehead atoms. The van der Waals surface area contributed by atoms with Crippen LogP contribution in [0.5, 0.6) is 0 Å². The van der Waals surface area contributed by atoms with Gasteiger partial charge >= 0.3 is 6.09 Å². The molecule has 1 unspecified atom stereocenters. The maximum Gasteiger partial charge on any atom is 0.407 e. The van der Waals surface area contributed by atoms with E-state index in [4.69, 9.17) is 4.74 Å². The second kappa shape index (κ2) is 8.39. The first-order chi connectivity index (χ1) is 9.81. The summed E-state index contributed by atoms with van der Waals surface area (Å²) in [6.07, 6.45) is 0.486. The first-order valence-corrected chi connectivity index (χ1v) is 8.04. The van der Waals surface area contributed by atoms with Crippen molar-refractivity contribution < 1.29 is 9.53 Å². The van der Waals surface area contributed by atoms with Crippen molar-refractivity contribution in [1.29, 1.82) is 0 Å². The zero-order chi connectivity index (χ0) is 15.9. The summed E-state index contributed by atoms with van der Waals surface area (Å²) >= 11 is 3.52. The van der Waals surface area contributed by atoms with E-state index in [1.807, 2.05) is 45.9 Å². The van der Waals surface area contributed by atoms with Gasteiger partial charge in [0.05, 0.1) is 0 Å². The van der Waals surface area contributed by atoms with Crippen molar-refractivity contribution in [3.05, 3.63) is 34.3 Å². The third kappa shape index (κ3) is 7.48. The smallest absolute Gasteiger partial charge is 0.407 e. The highest BCUT2D eigenvalue weighted by Gasteiger charge is 2.18. The van der Waals surface area contributed by atoms with Crippen LogP contribution in [0.2, 0.25) is 0 Å². The standard InChI is InChI=1S/C16H25BrN2O2/c1-5-13(19-15(20)21-16(2,3)4)11-18-10-12-8-6-7-9-14(12)17/h6-9,13,18H,5,10-11H2,1-4H3,(H,19,20). The van der Waals surface area contributed by atoms with E-state index in [2.05, 4.69) is 32.6 Å². The van der Waals surface area contributed by atoms with Gasteiger partial charge in [0.1, 0.15) is 5.60 Å². The van der Waals surface area contributed by atoms with E-state index in [9.17, 15) is 4.79 Å². The van der Waals surface area contributed by atoms with E-state index >= 15 is 0 Å². The normalized spacial score (nSPS) is 12.8. The maximum atomic E-state index is 11.7. The Morgan fingerprint density at radius 3 is 2.57 bits per heavy atom. The summed E-state index contributed by atoms with van der Waals surface area (Å²) in [5.74, 6) is 0. The van der Waals surface area contributed by atoms with Crippen molar-refractivity contribution >= 4 is 22.0 Å². The molecular weight excluding hydrogens is 332 g/mol. The third-order valence-electron chi connectivity index (χ3n) is 2.88. The number of amides is 1. The molecule has 1 aromatic carbocycles. The second-order valence-corrected chi connectivity index (χ2v) is 6.83. The van der Waals surface area contributed by atoms with Gasteiger partial charge < -0.3 is 15.4 Å². The number of ether oxygens (including phenoxy) is 1. The predicted molar refractivity (Wildman–Crippen MR) is 89.3 cm³/mol. The molecule has 1 atom stereocenters. The molecule has 0 aliphatic heterocycles. The topological polar surface area (TPSA) is 50.4 Å². The van der Waals surface area contributed by atoms with Gasteiger partial charge in [0.15, 0.2) is 0 Å². The summed E-state index contributed by atoms with van der Waals surface area (Å²) in [6.45, 7) is 9.09. The van der Waals surface area contributed by atoms with Gasteiger partial charge in [-0.2, -0.15) is 0 Å². The summed E-state index contributed by atoms with van der Waals surface area (Å²) < 4.78 is 6.36. The van der Waals surface area contributed by atoms with Crippen LogP contribution in [0.3, 0.4) is 0 Å². The van der Waals surface area contributed by atoms with Crippen LogP contribution in [0.1, 0.15) is 39.7 Å². The highest BCUT2D eigenvalue weighted by molar-refractivity contribution is 9.10. The number of rotatable bonds is 6. The molecule has 0 saturated heterocycles. The number of alkyl carbamates (subject to hydrolysis) is 1. The minimum absolute atomic E-state index is 0.0577. The maximum absolute atomic E-state index is 11.7. The minimum Gasteiger partial charge on any atom is -0.444 e. The van der Waals surface area contributed by atoms with Gasteiger partial charge in [-0.1, -0.05) is 41.1 Å². The predicted octanol–water partition coefficient (Wildman–Crippen LogP) is 3.84. The van der Waals surface area contributed by atoms with Crippen molar-refractivity contribution in [2.45, 2.75) is 52.3 Å². The lowest BCUT2D eigenvalue weighted by molar-refractivity contribution is 0.0502. The number of hydrogen-bond donors (Lipinski definition) is 2. The van der Waals surface area contributed by atoms with E-state index in [-0.39, 0.29) is 12.1 Å². The Hall–Kier alpha value is -1.07. The average Bonchev–Trinajstić information content (AvgIpc) is 2.37. The Kier molecular flexibility index (Phi) is 7.18. The summed E-state index contributed by atoms with van der Waals surface area (Å²) in [5, 5.41) is 6.25. The first-order valence-electron chi connectivity index (χ1n) is 7.25. The Balaban J connectivity index is 2.38. The van der Waals surface area contributed by atoms with Crippen LogP contribution in [0.25, 0.3) is 0 Å². The van der Waals surface area contributed by atoms with Crippen molar-refractivity contribution in [2.24, 2.45) is 0 Å². The van der Waals surface area contributed by atoms with Crippen LogP contribution < -0.4 is 10.6 Å². The lowest BCUT2D eigenvalue weighted by Crippen LogP contribution is -2.43. The molecule has 21 heavy (non-hydrogen) atoms. The molecular formula is C16H25BrN2O2. The van der Waals surface area contributed by atoms with Crippen molar-refractivity contribution in [3.63, 3.8) is 0 Å². The molecule has 0 aliphatic rings. The van der Waals surface area contributed by atoms with Gasteiger partial charge in [-0.3, -0.25) is 0 Å². The number of hydrogen-bond acceptors (Lipinski definition) is 3. The highest BCUT2D eigenvalue weighted by atomic mass is 79.9. The van der Waals surface area contributed by atoms with Crippen molar-refractivity contribution in [3.8, 4) is 0 Å². The van der Waals surface area contributed by atoms with Crippen LogP contribution >= 0.6 is 15.9 Å². The van der Waals surface area contributed by atoms with Crippen LogP contribution in [-0.4, -0.2) is 24.3 Å². The van der Waals surface area contributed by atoms with Crippen LogP contribution in [0, 0.1) is 0 Å². The number of halogens is 1. The summed E-state index contributed by atoms with van der Waals surface area (Å²) in [5.41, 5.74) is 0.731. The number of nitrogens with one attached hydrogen (secondary N) is 2. The monoisotopic (exact) mass is 356 g/mol. The molecule has 0 spiro atoms. The Morgan fingerprint density at radius 2 is 2.00 bits per heavy atom. The summed E-state index contributed by atoms with van der Waals surface area (Å²) in [4.78, 5) is 11.7. The van der Waals surface area contributed by atoms with E-state index in [0.29, 0.717) is 6.54 Å². The Labute approximate surface area is 135 Å². The van der Waals surface area contributed by atoms with Crippen molar-refractivity contribution in [1.82, 2.24) is 10.6 Å². The number of carbonyl (C=O) groups excluding carboxylic acids is 1. The lowest BCUT2D eigenvalue weighted by Gasteiger charge is -2.23. The highest BCUT2D eigenvalue weighted by Crippen LogP contribution is 2.15. The molecule has 0 aromatic heterocycles. The average molecular weight is 357 g/mol.